The van der Waals surface area contributed by atoms with Gasteiger partial charge in [-0.15, -0.1) is 0 Å². The highest BCUT2D eigenvalue weighted by atomic mass is 16.5. The molecule has 1 aromatic carbocycles. The average molecular weight is 200 g/mol. The summed E-state index contributed by atoms with van der Waals surface area (Å²) in [5.41, 5.74) is 1.38. The Hall–Kier alpha value is -1.50. The first kappa shape index (κ1) is 10.0. The number of methoxy groups -OCH3 is 1. The molecule has 0 fully saturated rings. The molecule has 1 nitrogen and oxygen atoms in total. The van der Waals surface area contributed by atoms with E-state index in [1.165, 1.54) is 5.56 Å². The van der Waals surface area contributed by atoms with Crippen LogP contribution in [0.1, 0.15) is 12.0 Å². The lowest BCUT2D eigenvalue weighted by Crippen LogP contribution is -2.01. The Morgan fingerprint density at radius 1 is 1.20 bits per heavy atom. The average Bonchev–Trinajstić information content (AvgIpc) is 2.31. The van der Waals surface area contributed by atoms with Crippen LogP contribution in [0, 0.1) is 5.92 Å². The highest BCUT2D eigenvalue weighted by Crippen LogP contribution is 2.19. The van der Waals surface area contributed by atoms with Crippen molar-refractivity contribution in [3.8, 4) is 5.75 Å². The zero-order chi connectivity index (χ0) is 10.5. The summed E-state index contributed by atoms with van der Waals surface area (Å²) in [4.78, 5) is 0. The molecule has 0 aliphatic heterocycles. The van der Waals surface area contributed by atoms with Gasteiger partial charge in [-0.25, -0.2) is 0 Å². The first-order valence-corrected chi connectivity index (χ1v) is 5.35. The highest BCUT2D eigenvalue weighted by Gasteiger charge is 2.06. The predicted molar refractivity (Wildman–Crippen MR) is 63.1 cm³/mol. The monoisotopic (exact) mass is 200 g/mol. The number of allylic oxidation sites excluding steroid dienone is 4. The summed E-state index contributed by atoms with van der Waals surface area (Å²) in [5.74, 6) is 1.58. The normalized spacial score (nSPS) is 19.1. The van der Waals surface area contributed by atoms with E-state index in [-0.39, 0.29) is 0 Å². The summed E-state index contributed by atoms with van der Waals surface area (Å²) < 4.78 is 5.13. The smallest absolute Gasteiger partial charge is 0.118 e. The van der Waals surface area contributed by atoms with Crippen molar-refractivity contribution in [2.75, 3.05) is 7.11 Å². The topological polar surface area (TPSA) is 9.23 Å². The van der Waals surface area contributed by atoms with E-state index < -0.39 is 0 Å². The quantitative estimate of drug-likeness (QED) is 0.727. The molecule has 1 aromatic rings. The van der Waals surface area contributed by atoms with Gasteiger partial charge < -0.3 is 4.74 Å². The molecule has 0 aromatic heterocycles. The summed E-state index contributed by atoms with van der Waals surface area (Å²) in [5, 5.41) is 0. The van der Waals surface area contributed by atoms with Gasteiger partial charge >= 0.3 is 0 Å². The van der Waals surface area contributed by atoms with Crippen molar-refractivity contribution >= 4 is 0 Å². The lowest BCUT2D eigenvalue weighted by Gasteiger charge is -2.12. The van der Waals surface area contributed by atoms with E-state index >= 15 is 0 Å². The van der Waals surface area contributed by atoms with Crippen LogP contribution in [0.15, 0.2) is 48.6 Å². The third kappa shape index (κ3) is 2.72. The standard InChI is InChI=1S/C14H16O/c1-15-14-9-7-13(8-10-14)11-12-5-3-2-4-6-12/h2-5,7-10,12H,6,11H2,1H3. The molecule has 2 rings (SSSR count). The SMILES string of the molecule is COc1ccc(CC2C=CC=CC2)cc1. The molecule has 78 valence electrons. The van der Waals surface area contributed by atoms with E-state index in [9.17, 15) is 0 Å². The maximum atomic E-state index is 5.13. The number of rotatable bonds is 3. The molecule has 0 bridgehead atoms. The summed E-state index contributed by atoms with van der Waals surface area (Å²) in [7, 11) is 1.70. The van der Waals surface area contributed by atoms with Gasteiger partial charge in [0.1, 0.15) is 5.75 Å². The van der Waals surface area contributed by atoms with Crippen LogP contribution in [0.3, 0.4) is 0 Å². The van der Waals surface area contributed by atoms with Crippen LogP contribution in [-0.2, 0) is 6.42 Å². The molecule has 1 heteroatoms. The van der Waals surface area contributed by atoms with Crippen LogP contribution in [-0.4, -0.2) is 7.11 Å². The van der Waals surface area contributed by atoms with Gasteiger partial charge in [0.05, 0.1) is 7.11 Å². The second kappa shape index (κ2) is 4.83. The molecule has 0 spiro atoms. The minimum atomic E-state index is 0.656. The van der Waals surface area contributed by atoms with E-state index in [1.54, 1.807) is 7.11 Å². The molecule has 0 heterocycles. The summed E-state index contributed by atoms with van der Waals surface area (Å²) in [6, 6.07) is 8.34. The van der Waals surface area contributed by atoms with Crippen molar-refractivity contribution in [2.45, 2.75) is 12.8 Å². The Kier molecular flexibility index (Phi) is 3.23. The van der Waals surface area contributed by atoms with Crippen LogP contribution in [0.2, 0.25) is 0 Å². The van der Waals surface area contributed by atoms with E-state index in [2.05, 4.69) is 36.4 Å². The number of benzene rings is 1. The summed E-state index contributed by atoms with van der Waals surface area (Å²) >= 11 is 0. The van der Waals surface area contributed by atoms with Crippen LogP contribution < -0.4 is 4.74 Å². The molecule has 0 saturated carbocycles. The van der Waals surface area contributed by atoms with E-state index in [1.807, 2.05) is 12.1 Å². The first-order chi connectivity index (χ1) is 7.38. The second-order valence-corrected chi connectivity index (χ2v) is 3.86. The van der Waals surface area contributed by atoms with E-state index in [0.29, 0.717) is 5.92 Å². The Morgan fingerprint density at radius 3 is 2.60 bits per heavy atom. The fourth-order valence-corrected chi connectivity index (χ4v) is 1.85. The van der Waals surface area contributed by atoms with Gasteiger partial charge in [0.2, 0.25) is 0 Å². The molecule has 1 atom stereocenters. The van der Waals surface area contributed by atoms with Crippen molar-refractivity contribution in [1.29, 1.82) is 0 Å². The van der Waals surface area contributed by atoms with E-state index in [4.69, 9.17) is 4.74 Å². The third-order valence-corrected chi connectivity index (χ3v) is 2.73. The highest BCUT2D eigenvalue weighted by molar-refractivity contribution is 5.28. The van der Waals surface area contributed by atoms with Crippen molar-refractivity contribution in [3.05, 3.63) is 54.1 Å². The van der Waals surface area contributed by atoms with Gasteiger partial charge in [-0.3, -0.25) is 0 Å². The molecule has 1 unspecified atom stereocenters. The van der Waals surface area contributed by atoms with Gasteiger partial charge in [0, 0.05) is 0 Å². The first-order valence-electron chi connectivity index (χ1n) is 5.35. The number of ether oxygens (including phenoxy) is 1. The van der Waals surface area contributed by atoms with Crippen molar-refractivity contribution in [2.24, 2.45) is 5.92 Å². The zero-order valence-corrected chi connectivity index (χ0v) is 9.02. The van der Waals surface area contributed by atoms with Gasteiger partial charge in [0.15, 0.2) is 0 Å². The van der Waals surface area contributed by atoms with Gasteiger partial charge in [-0.05, 0) is 36.5 Å². The van der Waals surface area contributed by atoms with Crippen molar-refractivity contribution in [1.82, 2.24) is 0 Å². The minimum absolute atomic E-state index is 0.656. The molecule has 0 radical (unpaired) electrons. The van der Waals surface area contributed by atoms with Crippen molar-refractivity contribution < 1.29 is 4.74 Å². The molecule has 1 aliphatic carbocycles. The molecule has 0 N–H and O–H groups in total. The maximum Gasteiger partial charge on any atom is 0.118 e. The Morgan fingerprint density at radius 2 is 2.00 bits per heavy atom. The zero-order valence-electron chi connectivity index (χ0n) is 9.02. The molecular formula is C14H16O. The Bertz CT molecular complexity index is 359. The molecule has 0 amide bonds. The van der Waals surface area contributed by atoms with Crippen LogP contribution >= 0.6 is 0 Å². The maximum absolute atomic E-state index is 5.13. The predicted octanol–water partition coefficient (Wildman–Crippen LogP) is 3.37. The Balaban J connectivity index is 1.98. The largest absolute Gasteiger partial charge is 0.497 e. The lowest BCUT2D eigenvalue weighted by atomic mass is 9.93. The molecular weight excluding hydrogens is 184 g/mol. The number of hydrogen-bond donors (Lipinski definition) is 0. The molecule has 1 aliphatic rings. The fourth-order valence-electron chi connectivity index (χ4n) is 1.85. The summed E-state index contributed by atoms with van der Waals surface area (Å²) in [6.45, 7) is 0. The lowest BCUT2D eigenvalue weighted by molar-refractivity contribution is 0.414. The van der Waals surface area contributed by atoms with E-state index in [0.717, 1.165) is 18.6 Å². The minimum Gasteiger partial charge on any atom is -0.497 e. The van der Waals surface area contributed by atoms with Crippen molar-refractivity contribution in [3.63, 3.8) is 0 Å². The van der Waals surface area contributed by atoms with Crippen LogP contribution in [0.5, 0.6) is 5.75 Å². The second-order valence-electron chi connectivity index (χ2n) is 3.86. The molecule has 15 heavy (non-hydrogen) atoms. The fraction of sp³-hybridized carbons (Fsp3) is 0.286. The summed E-state index contributed by atoms with van der Waals surface area (Å²) in [6.07, 6.45) is 11.0. The third-order valence-electron chi connectivity index (χ3n) is 2.73. The van der Waals surface area contributed by atoms with Gasteiger partial charge in [-0.1, -0.05) is 36.4 Å². The van der Waals surface area contributed by atoms with Gasteiger partial charge in [0.25, 0.3) is 0 Å². The van der Waals surface area contributed by atoms with Gasteiger partial charge in [-0.2, -0.15) is 0 Å². The molecule has 0 saturated heterocycles. The Labute approximate surface area is 91.1 Å². The van der Waals surface area contributed by atoms with Crippen LogP contribution in [0.25, 0.3) is 0 Å². The number of hydrogen-bond acceptors (Lipinski definition) is 1. The van der Waals surface area contributed by atoms with Crippen LogP contribution in [0.4, 0.5) is 0 Å².